The van der Waals surface area contributed by atoms with Crippen LogP contribution in [0, 0.1) is 11.8 Å². The minimum Gasteiger partial charge on any atom is -0.388 e. The number of piperidine rings is 1. The second-order valence-electron chi connectivity index (χ2n) is 8.28. The standard InChI is InChI=1S/C24H29ClN4O2/c1-16-5-6-19(14-26-16)24(30)29-23-12-21(22(25)15-28-23)18-3-2-4-20(11-18)27-13-17-7-9-31-10-8-17/h2-4,11-12,15,17,19,26-27H,1,5-10,13-14H2,(H,28,29,30)/t19-/m1/s1. The molecule has 0 saturated carbocycles. The number of halogens is 1. The number of hydrogen-bond donors (Lipinski definition) is 3. The van der Waals surface area contributed by atoms with Gasteiger partial charge in [0.1, 0.15) is 5.82 Å². The third-order valence-corrected chi connectivity index (χ3v) is 6.28. The van der Waals surface area contributed by atoms with Crippen molar-refractivity contribution in [1.29, 1.82) is 0 Å². The first kappa shape index (κ1) is 21.7. The van der Waals surface area contributed by atoms with Crippen LogP contribution in [0.2, 0.25) is 5.02 Å². The second kappa shape index (κ2) is 10.2. The van der Waals surface area contributed by atoms with Crippen molar-refractivity contribution in [3.05, 3.63) is 53.8 Å². The topological polar surface area (TPSA) is 75.3 Å². The van der Waals surface area contributed by atoms with Gasteiger partial charge in [0.15, 0.2) is 0 Å². The van der Waals surface area contributed by atoms with Crippen LogP contribution in [-0.2, 0) is 9.53 Å². The van der Waals surface area contributed by atoms with Crippen LogP contribution < -0.4 is 16.0 Å². The minimum absolute atomic E-state index is 0.0346. The molecule has 0 bridgehead atoms. The number of pyridine rings is 1. The molecule has 31 heavy (non-hydrogen) atoms. The van der Waals surface area contributed by atoms with E-state index in [4.69, 9.17) is 16.3 Å². The van der Waals surface area contributed by atoms with Crippen molar-refractivity contribution in [1.82, 2.24) is 10.3 Å². The first-order valence-corrected chi connectivity index (χ1v) is 11.3. The quantitative estimate of drug-likeness (QED) is 0.607. The maximum atomic E-state index is 12.6. The molecule has 3 heterocycles. The molecule has 1 atom stereocenters. The van der Waals surface area contributed by atoms with E-state index in [1.165, 1.54) is 0 Å². The van der Waals surface area contributed by atoms with Crippen LogP contribution in [-0.4, -0.2) is 37.2 Å². The van der Waals surface area contributed by atoms with Gasteiger partial charge in [-0.15, -0.1) is 0 Å². The highest BCUT2D eigenvalue weighted by atomic mass is 35.5. The van der Waals surface area contributed by atoms with Crippen molar-refractivity contribution in [2.45, 2.75) is 25.7 Å². The van der Waals surface area contributed by atoms with E-state index in [1.807, 2.05) is 18.2 Å². The van der Waals surface area contributed by atoms with Gasteiger partial charge in [0.25, 0.3) is 0 Å². The van der Waals surface area contributed by atoms with E-state index >= 15 is 0 Å². The summed E-state index contributed by atoms with van der Waals surface area (Å²) < 4.78 is 5.44. The number of carbonyl (C=O) groups excluding carboxylic acids is 1. The van der Waals surface area contributed by atoms with Crippen LogP contribution in [0.3, 0.4) is 0 Å². The molecule has 2 saturated heterocycles. The van der Waals surface area contributed by atoms with E-state index in [0.717, 1.165) is 68.0 Å². The molecule has 3 N–H and O–H groups in total. The summed E-state index contributed by atoms with van der Waals surface area (Å²) in [5, 5.41) is 10.2. The molecule has 6 nitrogen and oxygen atoms in total. The number of aromatic nitrogens is 1. The molecule has 1 amide bonds. The molecule has 7 heteroatoms. The maximum absolute atomic E-state index is 12.6. The number of nitrogens with zero attached hydrogens (tertiary/aromatic N) is 1. The molecule has 4 rings (SSSR count). The van der Waals surface area contributed by atoms with Crippen molar-refractivity contribution in [2.75, 3.05) is 36.9 Å². The summed E-state index contributed by atoms with van der Waals surface area (Å²) >= 11 is 6.45. The number of allylic oxidation sites excluding steroid dienone is 1. The van der Waals surface area contributed by atoms with Gasteiger partial charge in [-0.05, 0) is 55.4 Å². The van der Waals surface area contributed by atoms with Gasteiger partial charge < -0.3 is 20.7 Å². The molecule has 2 aliphatic rings. The van der Waals surface area contributed by atoms with Crippen molar-refractivity contribution >= 4 is 29.0 Å². The fraction of sp³-hybridized carbons (Fsp3) is 0.417. The molecular formula is C24H29ClN4O2. The monoisotopic (exact) mass is 440 g/mol. The number of anilines is 2. The Bertz CT molecular complexity index is 933. The first-order chi connectivity index (χ1) is 15.1. The fourth-order valence-corrected chi connectivity index (χ4v) is 4.21. The number of amides is 1. The number of hydrogen-bond acceptors (Lipinski definition) is 5. The SMILES string of the molecule is C=C1CC[C@@H](C(=O)Nc2cc(-c3cccc(NCC4CCOCC4)c3)c(Cl)cn2)CN1. The molecule has 164 valence electrons. The van der Waals surface area contributed by atoms with Crippen molar-refractivity contribution in [3.63, 3.8) is 0 Å². The van der Waals surface area contributed by atoms with Gasteiger partial charge in [-0.25, -0.2) is 4.98 Å². The van der Waals surface area contributed by atoms with Gasteiger partial charge in [-0.1, -0.05) is 30.3 Å². The number of ether oxygens (including phenoxy) is 1. The van der Waals surface area contributed by atoms with Gasteiger partial charge in [0, 0.05) is 49.4 Å². The Kier molecular flexibility index (Phi) is 7.10. The van der Waals surface area contributed by atoms with Crippen molar-refractivity contribution < 1.29 is 9.53 Å². The van der Waals surface area contributed by atoms with Gasteiger partial charge >= 0.3 is 0 Å². The van der Waals surface area contributed by atoms with Crippen LogP contribution in [0.15, 0.2) is 48.8 Å². The van der Waals surface area contributed by atoms with Crippen LogP contribution in [0.4, 0.5) is 11.5 Å². The van der Waals surface area contributed by atoms with Crippen LogP contribution in [0.5, 0.6) is 0 Å². The number of benzene rings is 1. The Labute approximate surface area is 188 Å². The number of nitrogens with one attached hydrogen (secondary N) is 3. The minimum atomic E-state index is -0.0934. The Balaban J connectivity index is 1.44. The fourth-order valence-electron chi connectivity index (χ4n) is 4.00. The third kappa shape index (κ3) is 5.77. The molecule has 0 unspecified atom stereocenters. The van der Waals surface area contributed by atoms with E-state index in [2.05, 4.69) is 39.6 Å². The summed E-state index contributed by atoms with van der Waals surface area (Å²) in [4.78, 5) is 16.9. The molecule has 2 aliphatic heterocycles. The van der Waals surface area contributed by atoms with E-state index in [1.54, 1.807) is 6.20 Å². The number of carbonyl (C=O) groups is 1. The highest BCUT2D eigenvalue weighted by molar-refractivity contribution is 6.33. The van der Waals surface area contributed by atoms with Gasteiger partial charge in [0.05, 0.1) is 10.9 Å². The summed E-state index contributed by atoms with van der Waals surface area (Å²) in [7, 11) is 0. The third-order valence-electron chi connectivity index (χ3n) is 5.98. The first-order valence-electron chi connectivity index (χ1n) is 10.9. The molecule has 2 aromatic rings. The highest BCUT2D eigenvalue weighted by Crippen LogP contribution is 2.31. The highest BCUT2D eigenvalue weighted by Gasteiger charge is 2.23. The lowest BCUT2D eigenvalue weighted by molar-refractivity contribution is -0.120. The smallest absolute Gasteiger partial charge is 0.230 e. The normalized spacial score (nSPS) is 19.5. The lowest BCUT2D eigenvalue weighted by Gasteiger charge is -2.24. The van der Waals surface area contributed by atoms with Gasteiger partial charge in [-0.2, -0.15) is 0 Å². The summed E-state index contributed by atoms with van der Waals surface area (Å²) in [5.74, 6) is 1.02. The molecule has 0 aliphatic carbocycles. The zero-order chi connectivity index (χ0) is 21.6. The van der Waals surface area contributed by atoms with Crippen LogP contribution in [0.25, 0.3) is 11.1 Å². The van der Waals surface area contributed by atoms with E-state index in [9.17, 15) is 4.79 Å². The Morgan fingerprint density at radius 1 is 1.26 bits per heavy atom. The second-order valence-corrected chi connectivity index (χ2v) is 8.68. The summed E-state index contributed by atoms with van der Waals surface area (Å²) in [6.07, 6.45) is 5.38. The van der Waals surface area contributed by atoms with Crippen molar-refractivity contribution in [3.8, 4) is 11.1 Å². The average Bonchev–Trinajstić information content (AvgIpc) is 2.80. The van der Waals surface area contributed by atoms with E-state index in [0.29, 0.717) is 23.3 Å². The molecular weight excluding hydrogens is 412 g/mol. The zero-order valence-corrected chi connectivity index (χ0v) is 18.4. The summed E-state index contributed by atoms with van der Waals surface area (Å²) in [5.41, 5.74) is 3.87. The Morgan fingerprint density at radius 3 is 2.87 bits per heavy atom. The predicted octanol–water partition coefficient (Wildman–Crippen LogP) is 4.69. The molecule has 1 aromatic heterocycles. The molecule has 1 aromatic carbocycles. The van der Waals surface area contributed by atoms with Crippen LogP contribution in [0.1, 0.15) is 25.7 Å². The maximum Gasteiger partial charge on any atom is 0.230 e. The van der Waals surface area contributed by atoms with Gasteiger partial charge in [0.2, 0.25) is 5.91 Å². The lowest BCUT2D eigenvalue weighted by atomic mass is 9.97. The van der Waals surface area contributed by atoms with Crippen molar-refractivity contribution in [2.24, 2.45) is 11.8 Å². The average molecular weight is 441 g/mol. The molecule has 2 fully saturated rings. The summed E-state index contributed by atoms with van der Waals surface area (Å²) in [6.45, 7) is 7.14. The van der Waals surface area contributed by atoms with E-state index in [-0.39, 0.29) is 11.8 Å². The zero-order valence-electron chi connectivity index (χ0n) is 17.6. The Hall–Kier alpha value is -2.57. The molecule has 0 radical (unpaired) electrons. The molecule has 0 spiro atoms. The van der Waals surface area contributed by atoms with E-state index < -0.39 is 0 Å². The van der Waals surface area contributed by atoms with Gasteiger partial charge in [-0.3, -0.25) is 4.79 Å². The predicted molar refractivity (Wildman–Crippen MR) is 125 cm³/mol. The largest absolute Gasteiger partial charge is 0.388 e. The number of rotatable bonds is 6. The summed E-state index contributed by atoms with van der Waals surface area (Å²) in [6, 6.07) is 10.0. The lowest BCUT2D eigenvalue weighted by Crippen LogP contribution is -2.36. The van der Waals surface area contributed by atoms with Crippen LogP contribution >= 0.6 is 11.6 Å². The Morgan fingerprint density at radius 2 is 2.10 bits per heavy atom.